The SMILES string of the molecule is CC(=O)Nc1cccc(C(C)NC(=O)C2CCCC2N)c1. The van der Waals surface area contributed by atoms with Crippen LogP contribution >= 0.6 is 0 Å². The molecule has 1 aliphatic carbocycles. The second-order valence-electron chi connectivity index (χ2n) is 5.74. The number of benzene rings is 1. The molecular weight excluding hydrogens is 266 g/mol. The molecule has 0 radical (unpaired) electrons. The molecule has 1 aromatic rings. The number of carbonyl (C=O) groups is 2. The second kappa shape index (κ2) is 6.72. The number of carbonyl (C=O) groups excluding carboxylic acids is 2. The van der Waals surface area contributed by atoms with Gasteiger partial charge in [-0.25, -0.2) is 0 Å². The summed E-state index contributed by atoms with van der Waals surface area (Å²) in [5.41, 5.74) is 7.66. The van der Waals surface area contributed by atoms with Gasteiger partial charge in [-0.15, -0.1) is 0 Å². The van der Waals surface area contributed by atoms with E-state index in [-0.39, 0.29) is 29.8 Å². The van der Waals surface area contributed by atoms with Gasteiger partial charge in [0.2, 0.25) is 11.8 Å². The molecule has 21 heavy (non-hydrogen) atoms. The van der Waals surface area contributed by atoms with Crippen LogP contribution in [0.15, 0.2) is 24.3 Å². The first-order valence-electron chi connectivity index (χ1n) is 7.41. The van der Waals surface area contributed by atoms with E-state index >= 15 is 0 Å². The Hall–Kier alpha value is -1.88. The fraction of sp³-hybridized carbons (Fsp3) is 0.500. The molecule has 3 atom stereocenters. The van der Waals surface area contributed by atoms with Crippen molar-refractivity contribution in [1.82, 2.24) is 5.32 Å². The van der Waals surface area contributed by atoms with Crippen LogP contribution in [0.3, 0.4) is 0 Å². The van der Waals surface area contributed by atoms with Crippen molar-refractivity contribution in [3.05, 3.63) is 29.8 Å². The van der Waals surface area contributed by atoms with Crippen LogP contribution in [-0.4, -0.2) is 17.9 Å². The zero-order chi connectivity index (χ0) is 15.4. The lowest BCUT2D eigenvalue weighted by Crippen LogP contribution is -2.39. The number of anilines is 1. The van der Waals surface area contributed by atoms with Crippen molar-refractivity contribution < 1.29 is 9.59 Å². The molecule has 4 N–H and O–H groups in total. The van der Waals surface area contributed by atoms with Crippen molar-refractivity contribution in [1.29, 1.82) is 0 Å². The standard InChI is InChI=1S/C16H23N3O2/c1-10(18-16(21)14-7-4-8-15(14)17)12-5-3-6-13(9-12)19-11(2)20/h3,5-6,9-10,14-15H,4,7-8,17H2,1-2H3,(H,18,21)(H,19,20). The number of rotatable bonds is 4. The molecule has 0 heterocycles. The van der Waals surface area contributed by atoms with Gasteiger partial charge in [0.25, 0.3) is 0 Å². The van der Waals surface area contributed by atoms with Crippen molar-refractivity contribution in [2.75, 3.05) is 5.32 Å². The third-order valence-electron chi connectivity index (χ3n) is 3.97. The lowest BCUT2D eigenvalue weighted by Gasteiger charge is -2.20. The maximum Gasteiger partial charge on any atom is 0.225 e. The van der Waals surface area contributed by atoms with Crippen molar-refractivity contribution in [2.45, 2.75) is 45.2 Å². The summed E-state index contributed by atoms with van der Waals surface area (Å²) >= 11 is 0. The zero-order valence-electron chi connectivity index (χ0n) is 12.6. The Bertz CT molecular complexity index is 530. The molecule has 0 aliphatic heterocycles. The monoisotopic (exact) mass is 289 g/mol. The predicted molar refractivity (Wildman–Crippen MR) is 82.6 cm³/mol. The van der Waals surface area contributed by atoms with Crippen LogP contribution in [0.1, 0.15) is 44.7 Å². The third kappa shape index (κ3) is 4.04. The first-order chi connectivity index (χ1) is 9.97. The number of hydrogen-bond donors (Lipinski definition) is 3. The topological polar surface area (TPSA) is 84.2 Å². The first-order valence-corrected chi connectivity index (χ1v) is 7.41. The molecule has 1 fully saturated rings. The largest absolute Gasteiger partial charge is 0.349 e. The summed E-state index contributed by atoms with van der Waals surface area (Å²) in [5, 5.41) is 5.76. The summed E-state index contributed by atoms with van der Waals surface area (Å²) < 4.78 is 0. The highest BCUT2D eigenvalue weighted by Gasteiger charge is 2.30. The summed E-state index contributed by atoms with van der Waals surface area (Å²) in [6, 6.07) is 7.37. The average Bonchev–Trinajstić information content (AvgIpc) is 2.84. The van der Waals surface area contributed by atoms with Gasteiger partial charge in [-0.2, -0.15) is 0 Å². The first kappa shape index (κ1) is 15.5. The average molecular weight is 289 g/mol. The molecule has 5 heteroatoms. The lowest BCUT2D eigenvalue weighted by atomic mass is 10.0. The van der Waals surface area contributed by atoms with Crippen molar-refractivity contribution in [3.63, 3.8) is 0 Å². The number of hydrogen-bond acceptors (Lipinski definition) is 3. The molecule has 1 aromatic carbocycles. The normalized spacial score (nSPS) is 22.6. The van der Waals surface area contributed by atoms with Gasteiger partial charge in [0.05, 0.1) is 12.0 Å². The van der Waals surface area contributed by atoms with Crippen LogP contribution < -0.4 is 16.4 Å². The highest BCUT2D eigenvalue weighted by Crippen LogP contribution is 2.25. The van der Waals surface area contributed by atoms with Crippen LogP contribution in [0, 0.1) is 5.92 Å². The van der Waals surface area contributed by atoms with Crippen molar-refractivity contribution >= 4 is 17.5 Å². The Morgan fingerprint density at radius 1 is 1.33 bits per heavy atom. The maximum absolute atomic E-state index is 12.2. The summed E-state index contributed by atoms with van der Waals surface area (Å²) in [6.07, 6.45) is 2.81. The van der Waals surface area contributed by atoms with Crippen LogP contribution in [0.2, 0.25) is 0 Å². The minimum absolute atomic E-state index is 0.0251. The summed E-state index contributed by atoms with van der Waals surface area (Å²) in [7, 11) is 0. The molecule has 1 aliphatic rings. The molecule has 0 spiro atoms. The van der Waals surface area contributed by atoms with Crippen LogP contribution in [0.25, 0.3) is 0 Å². The Balaban J connectivity index is 2.01. The van der Waals surface area contributed by atoms with E-state index in [1.807, 2.05) is 31.2 Å². The van der Waals surface area contributed by atoms with Gasteiger partial charge in [0.1, 0.15) is 0 Å². The molecule has 2 rings (SSSR count). The molecule has 0 aromatic heterocycles. The van der Waals surface area contributed by atoms with Crippen LogP contribution in [0.4, 0.5) is 5.69 Å². The fourth-order valence-corrected chi connectivity index (χ4v) is 2.81. The van der Waals surface area contributed by atoms with E-state index in [0.717, 1.165) is 30.5 Å². The molecule has 1 saturated carbocycles. The van der Waals surface area contributed by atoms with E-state index in [0.29, 0.717) is 0 Å². The van der Waals surface area contributed by atoms with Gasteiger partial charge in [-0.1, -0.05) is 18.6 Å². The van der Waals surface area contributed by atoms with E-state index in [1.54, 1.807) is 0 Å². The molecule has 2 amide bonds. The molecule has 5 nitrogen and oxygen atoms in total. The summed E-state index contributed by atoms with van der Waals surface area (Å²) in [5.74, 6) is -0.163. The third-order valence-corrected chi connectivity index (χ3v) is 3.97. The minimum Gasteiger partial charge on any atom is -0.349 e. The number of nitrogens with two attached hydrogens (primary N) is 1. The van der Waals surface area contributed by atoms with Crippen molar-refractivity contribution in [2.24, 2.45) is 11.7 Å². The smallest absolute Gasteiger partial charge is 0.225 e. The highest BCUT2D eigenvalue weighted by molar-refractivity contribution is 5.88. The Morgan fingerprint density at radius 2 is 2.10 bits per heavy atom. The number of nitrogens with one attached hydrogen (secondary N) is 2. The Morgan fingerprint density at radius 3 is 2.71 bits per heavy atom. The van der Waals surface area contributed by atoms with Gasteiger partial charge < -0.3 is 16.4 Å². The van der Waals surface area contributed by atoms with Gasteiger partial charge in [0, 0.05) is 18.7 Å². The summed E-state index contributed by atoms with van der Waals surface area (Å²) in [4.78, 5) is 23.3. The lowest BCUT2D eigenvalue weighted by molar-refractivity contribution is -0.125. The summed E-state index contributed by atoms with van der Waals surface area (Å²) in [6.45, 7) is 3.41. The van der Waals surface area contributed by atoms with E-state index in [9.17, 15) is 9.59 Å². The molecular formula is C16H23N3O2. The van der Waals surface area contributed by atoms with E-state index < -0.39 is 0 Å². The molecule has 0 saturated heterocycles. The van der Waals surface area contributed by atoms with Gasteiger partial charge in [-0.3, -0.25) is 9.59 Å². The molecule has 114 valence electrons. The van der Waals surface area contributed by atoms with Crippen LogP contribution in [-0.2, 0) is 9.59 Å². The second-order valence-corrected chi connectivity index (χ2v) is 5.74. The molecule has 3 unspecified atom stereocenters. The van der Waals surface area contributed by atoms with Crippen molar-refractivity contribution in [3.8, 4) is 0 Å². The van der Waals surface area contributed by atoms with E-state index in [1.165, 1.54) is 6.92 Å². The highest BCUT2D eigenvalue weighted by atomic mass is 16.2. The molecule has 0 bridgehead atoms. The fourth-order valence-electron chi connectivity index (χ4n) is 2.81. The number of amides is 2. The predicted octanol–water partition coefficient (Wildman–Crippen LogP) is 1.95. The zero-order valence-corrected chi connectivity index (χ0v) is 12.6. The maximum atomic E-state index is 12.2. The Labute approximate surface area is 125 Å². The minimum atomic E-state index is -0.112. The Kier molecular flexibility index (Phi) is 4.96. The van der Waals surface area contributed by atoms with Gasteiger partial charge in [-0.05, 0) is 37.5 Å². The van der Waals surface area contributed by atoms with E-state index in [4.69, 9.17) is 5.73 Å². The van der Waals surface area contributed by atoms with E-state index in [2.05, 4.69) is 10.6 Å². The quantitative estimate of drug-likeness (QED) is 0.792. The van der Waals surface area contributed by atoms with Gasteiger partial charge >= 0.3 is 0 Å². The van der Waals surface area contributed by atoms with Crippen LogP contribution in [0.5, 0.6) is 0 Å². The van der Waals surface area contributed by atoms with Gasteiger partial charge in [0.15, 0.2) is 0 Å².